The number of aromatic nitrogens is 2. The summed E-state index contributed by atoms with van der Waals surface area (Å²) in [6.45, 7) is 0. The molecule has 1 aromatic heterocycles. The molecule has 5 nitrogen and oxygen atoms in total. The molecule has 0 saturated carbocycles. The number of carbonyl (C=O) groups excluding carboxylic acids is 1. The fourth-order valence-corrected chi connectivity index (χ4v) is 3.95. The quantitative estimate of drug-likeness (QED) is 0.377. The Morgan fingerprint density at radius 1 is 1.19 bits per heavy atom. The highest BCUT2D eigenvalue weighted by Gasteiger charge is 2.47. The molecule has 1 aliphatic heterocycles. The van der Waals surface area contributed by atoms with Crippen molar-refractivity contribution >= 4 is 44.9 Å². The van der Waals surface area contributed by atoms with Gasteiger partial charge in [0, 0.05) is 17.0 Å². The predicted octanol–water partition coefficient (Wildman–Crippen LogP) is 6.49. The van der Waals surface area contributed by atoms with E-state index >= 15 is 0 Å². The lowest BCUT2D eigenvalue weighted by molar-refractivity contribution is -0.173. The smallest absolute Gasteiger partial charge is 0.362 e. The van der Waals surface area contributed by atoms with Crippen LogP contribution in [0.2, 0.25) is 5.02 Å². The second kappa shape index (κ2) is 8.36. The van der Waals surface area contributed by atoms with Crippen LogP contribution in [0.4, 0.5) is 33.5 Å². The van der Waals surface area contributed by atoms with Crippen LogP contribution in [0.3, 0.4) is 0 Å². The Morgan fingerprint density at radius 2 is 1.88 bits per heavy atom. The van der Waals surface area contributed by atoms with E-state index in [1.165, 1.54) is 0 Å². The first-order valence-corrected chi connectivity index (χ1v) is 10.3. The van der Waals surface area contributed by atoms with E-state index in [4.69, 9.17) is 11.6 Å². The number of rotatable bonds is 3. The fourth-order valence-electron chi connectivity index (χ4n) is 3.42. The van der Waals surface area contributed by atoms with E-state index in [1.807, 2.05) is 0 Å². The Hall–Kier alpha value is -2.66. The molecule has 3 aromatic rings. The molecule has 2 atom stereocenters. The van der Waals surface area contributed by atoms with E-state index in [0.29, 0.717) is 16.3 Å². The second-order valence-corrected chi connectivity index (χ2v) is 8.37. The summed E-state index contributed by atoms with van der Waals surface area (Å²) in [5.74, 6) is -3.13. The zero-order chi connectivity index (χ0) is 23.2. The van der Waals surface area contributed by atoms with Crippen LogP contribution in [-0.2, 0) is 0 Å². The minimum Gasteiger partial charge on any atom is -0.362 e. The Labute approximate surface area is 191 Å². The number of alkyl halides is 3. The van der Waals surface area contributed by atoms with Crippen LogP contribution in [0.25, 0.3) is 0 Å². The monoisotopic (exact) mass is 534 g/mol. The van der Waals surface area contributed by atoms with Crippen molar-refractivity contribution in [2.45, 2.75) is 24.7 Å². The summed E-state index contributed by atoms with van der Waals surface area (Å²) in [6.07, 6.45) is -5.06. The number of halogens is 7. The van der Waals surface area contributed by atoms with E-state index in [9.17, 15) is 26.7 Å². The molecule has 168 valence electrons. The van der Waals surface area contributed by atoms with Crippen LogP contribution in [0.5, 0.6) is 0 Å². The normalized spacial score (nSPS) is 18.1. The van der Waals surface area contributed by atoms with Gasteiger partial charge in [-0.1, -0.05) is 39.7 Å². The van der Waals surface area contributed by atoms with Crippen molar-refractivity contribution in [3.63, 3.8) is 0 Å². The molecule has 32 heavy (non-hydrogen) atoms. The van der Waals surface area contributed by atoms with Crippen molar-refractivity contribution in [2.75, 3.05) is 10.6 Å². The van der Waals surface area contributed by atoms with Gasteiger partial charge in [-0.15, -0.1) is 0 Å². The summed E-state index contributed by atoms with van der Waals surface area (Å²) in [5, 5.41) is 8.49. The first kappa shape index (κ1) is 22.5. The molecule has 1 aliphatic rings. The molecule has 2 aromatic carbocycles. The molecule has 2 N–H and O–H groups in total. The van der Waals surface area contributed by atoms with Crippen LogP contribution in [0.1, 0.15) is 34.6 Å². The number of amides is 1. The van der Waals surface area contributed by atoms with Crippen LogP contribution in [-0.4, -0.2) is 21.9 Å². The molecular formula is C20H13BrClF5N4O. The summed E-state index contributed by atoms with van der Waals surface area (Å²) in [7, 11) is 0. The van der Waals surface area contributed by atoms with Crippen molar-refractivity contribution in [3.05, 3.63) is 74.9 Å². The van der Waals surface area contributed by atoms with Gasteiger partial charge in [0.15, 0.2) is 11.7 Å². The minimum atomic E-state index is -4.67. The number of hydrogen-bond donors (Lipinski definition) is 2. The van der Waals surface area contributed by atoms with Crippen molar-refractivity contribution in [1.82, 2.24) is 9.78 Å². The van der Waals surface area contributed by atoms with Crippen molar-refractivity contribution < 1.29 is 26.7 Å². The lowest BCUT2D eigenvalue weighted by Crippen LogP contribution is -2.35. The van der Waals surface area contributed by atoms with Gasteiger partial charge in [-0.05, 0) is 29.8 Å². The van der Waals surface area contributed by atoms with Gasteiger partial charge in [0.25, 0.3) is 5.91 Å². The van der Waals surface area contributed by atoms with Gasteiger partial charge in [-0.25, -0.2) is 13.5 Å². The lowest BCUT2D eigenvalue weighted by atomic mass is 9.97. The summed E-state index contributed by atoms with van der Waals surface area (Å²) in [5.41, 5.74) is -0.305. The summed E-state index contributed by atoms with van der Waals surface area (Å²) < 4.78 is 69.8. The maximum Gasteiger partial charge on any atom is 0.410 e. The predicted molar refractivity (Wildman–Crippen MR) is 112 cm³/mol. The molecule has 0 fully saturated rings. The van der Waals surface area contributed by atoms with E-state index in [1.54, 1.807) is 24.3 Å². The van der Waals surface area contributed by atoms with E-state index in [-0.39, 0.29) is 22.9 Å². The average molecular weight is 536 g/mol. The molecule has 4 rings (SSSR count). The molecule has 2 heterocycles. The lowest BCUT2D eigenvalue weighted by Gasteiger charge is -2.33. The molecule has 0 unspecified atom stereocenters. The maximum absolute atomic E-state index is 13.9. The van der Waals surface area contributed by atoms with Gasteiger partial charge < -0.3 is 10.6 Å². The second-order valence-electron chi connectivity index (χ2n) is 7.08. The van der Waals surface area contributed by atoms with E-state index in [0.717, 1.165) is 16.6 Å². The molecule has 0 spiro atoms. The number of fused-ring (bicyclic) bond motifs is 1. The van der Waals surface area contributed by atoms with Crippen molar-refractivity contribution in [2.24, 2.45) is 0 Å². The molecular weight excluding hydrogens is 523 g/mol. The number of anilines is 2. The molecule has 0 radical (unpaired) electrons. The highest BCUT2D eigenvalue weighted by molar-refractivity contribution is 9.10. The van der Waals surface area contributed by atoms with Crippen molar-refractivity contribution in [1.29, 1.82) is 0 Å². The summed E-state index contributed by atoms with van der Waals surface area (Å²) >= 11 is 9.50. The summed E-state index contributed by atoms with van der Waals surface area (Å²) in [4.78, 5) is 12.6. The SMILES string of the molecule is O=C(Nc1ccc(F)cc1F)c1nn2c(c1Cl)N[C@H](c1ccc(Br)cc1)C[C@@H]2C(F)(F)F. The van der Waals surface area contributed by atoms with Crippen LogP contribution in [0.15, 0.2) is 46.9 Å². The molecule has 0 bridgehead atoms. The highest BCUT2D eigenvalue weighted by atomic mass is 79.9. The van der Waals surface area contributed by atoms with Crippen LogP contribution in [0, 0.1) is 11.6 Å². The third-order valence-corrected chi connectivity index (χ3v) is 5.85. The average Bonchev–Trinajstić information content (AvgIpc) is 3.06. The molecule has 0 aliphatic carbocycles. The Morgan fingerprint density at radius 3 is 2.50 bits per heavy atom. The van der Waals surface area contributed by atoms with Crippen molar-refractivity contribution in [3.8, 4) is 0 Å². The standard InChI is InChI=1S/C20H13BrClF5N4O/c21-10-3-1-9(2-4-10)14-8-15(20(25,26)27)31-18(28-14)16(22)17(30-31)19(32)29-13-6-5-11(23)7-12(13)24/h1-7,14-15,28H,8H2,(H,29,32)/t14-,15+/m0/s1. The van der Waals surface area contributed by atoms with E-state index < -0.39 is 41.5 Å². The van der Waals surface area contributed by atoms with Gasteiger partial charge in [0.05, 0.1) is 11.7 Å². The first-order valence-electron chi connectivity index (χ1n) is 9.17. The Kier molecular flexibility index (Phi) is 5.89. The fraction of sp³-hybridized carbons (Fsp3) is 0.200. The third kappa shape index (κ3) is 4.31. The van der Waals surface area contributed by atoms with Gasteiger partial charge >= 0.3 is 6.18 Å². The van der Waals surface area contributed by atoms with Gasteiger partial charge in [-0.2, -0.15) is 18.3 Å². The topological polar surface area (TPSA) is 59.0 Å². The Balaban J connectivity index is 1.70. The van der Waals surface area contributed by atoms with Gasteiger partial charge in [0.1, 0.15) is 22.5 Å². The zero-order valence-corrected chi connectivity index (χ0v) is 18.2. The number of carbonyl (C=O) groups is 1. The van der Waals surface area contributed by atoms with Gasteiger partial charge in [0.2, 0.25) is 0 Å². The minimum absolute atomic E-state index is 0.183. The first-order chi connectivity index (χ1) is 15.0. The zero-order valence-electron chi connectivity index (χ0n) is 15.9. The largest absolute Gasteiger partial charge is 0.410 e. The van der Waals surface area contributed by atoms with Crippen LogP contribution >= 0.6 is 27.5 Å². The van der Waals surface area contributed by atoms with E-state index in [2.05, 4.69) is 31.7 Å². The number of nitrogens with one attached hydrogen (secondary N) is 2. The number of hydrogen-bond acceptors (Lipinski definition) is 3. The molecule has 0 saturated heterocycles. The number of benzene rings is 2. The van der Waals surface area contributed by atoms with Gasteiger partial charge in [-0.3, -0.25) is 4.79 Å². The summed E-state index contributed by atoms with van der Waals surface area (Å²) in [6, 6.07) is 6.39. The Bertz CT molecular complexity index is 1180. The third-order valence-electron chi connectivity index (χ3n) is 4.96. The van der Waals surface area contributed by atoms with Crippen LogP contribution < -0.4 is 10.6 Å². The number of nitrogens with zero attached hydrogens (tertiary/aromatic N) is 2. The maximum atomic E-state index is 13.9. The molecule has 1 amide bonds. The molecule has 12 heteroatoms. The highest BCUT2D eigenvalue weighted by Crippen LogP contribution is 2.46.